The van der Waals surface area contributed by atoms with E-state index < -0.39 is 17.2 Å². The zero-order chi connectivity index (χ0) is 20.4. The van der Waals surface area contributed by atoms with Gasteiger partial charge in [0.2, 0.25) is 5.91 Å². The molecule has 0 bridgehead atoms. The fourth-order valence-corrected chi connectivity index (χ4v) is 4.28. The number of rotatable bonds is 5. The number of nitrogens with one attached hydrogen (secondary N) is 1. The third-order valence-corrected chi connectivity index (χ3v) is 5.94. The molecule has 156 valence electrons. The minimum Gasteiger partial charge on any atom is -0.388 e. The Kier molecular flexibility index (Phi) is 6.21. The van der Waals surface area contributed by atoms with Crippen LogP contribution in [0.2, 0.25) is 0 Å². The molecule has 2 aliphatic heterocycles. The largest absolute Gasteiger partial charge is 0.388 e. The summed E-state index contributed by atoms with van der Waals surface area (Å²) in [5.41, 5.74) is 0.403. The first-order chi connectivity index (χ1) is 13.3. The van der Waals surface area contributed by atoms with Crippen molar-refractivity contribution in [1.29, 1.82) is 0 Å². The molecule has 0 aliphatic carbocycles. The smallest absolute Gasteiger partial charge is 0.246 e. The van der Waals surface area contributed by atoms with Crippen molar-refractivity contribution in [2.24, 2.45) is 0 Å². The second kappa shape index (κ2) is 8.31. The number of ether oxygens (including phenoxy) is 2. The highest BCUT2D eigenvalue weighted by Gasteiger charge is 2.54. The number of carbonyl (C=O) groups excluding carboxylic acids is 1. The van der Waals surface area contributed by atoms with Crippen LogP contribution in [0.3, 0.4) is 0 Å². The SMILES string of the molecule is CCOCC(=O)N[C@@]1(C)CCOC2(CCN(c3nc(C)cnc3C)CC2)[C@@H]1O. The highest BCUT2D eigenvalue weighted by molar-refractivity contribution is 5.78. The number of aryl methyl sites for hydroxylation is 2. The van der Waals surface area contributed by atoms with Gasteiger partial charge in [-0.05, 0) is 47.0 Å². The monoisotopic (exact) mass is 392 g/mol. The number of piperidine rings is 1. The number of anilines is 1. The second-order valence-electron chi connectivity index (χ2n) is 8.08. The van der Waals surface area contributed by atoms with Crippen molar-refractivity contribution in [3.05, 3.63) is 17.6 Å². The number of carbonyl (C=O) groups is 1. The molecule has 0 unspecified atom stereocenters. The maximum atomic E-state index is 12.2. The molecule has 2 fully saturated rings. The van der Waals surface area contributed by atoms with Gasteiger partial charge in [-0.25, -0.2) is 4.98 Å². The quantitative estimate of drug-likeness (QED) is 0.775. The van der Waals surface area contributed by atoms with Crippen LogP contribution < -0.4 is 10.2 Å². The van der Waals surface area contributed by atoms with E-state index in [1.54, 1.807) is 6.20 Å². The van der Waals surface area contributed by atoms with Gasteiger partial charge in [-0.15, -0.1) is 0 Å². The predicted octanol–water partition coefficient (Wildman–Crippen LogP) is 1.13. The maximum Gasteiger partial charge on any atom is 0.246 e. The third-order valence-electron chi connectivity index (χ3n) is 5.94. The number of aromatic nitrogens is 2. The number of hydrogen-bond donors (Lipinski definition) is 2. The van der Waals surface area contributed by atoms with Gasteiger partial charge in [-0.3, -0.25) is 9.78 Å². The summed E-state index contributed by atoms with van der Waals surface area (Å²) >= 11 is 0. The van der Waals surface area contributed by atoms with Crippen LogP contribution in [0, 0.1) is 13.8 Å². The van der Waals surface area contributed by atoms with E-state index in [1.807, 2.05) is 27.7 Å². The minimum atomic E-state index is -0.786. The van der Waals surface area contributed by atoms with Crippen LogP contribution >= 0.6 is 0 Å². The summed E-state index contributed by atoms with van der Waals surface area (Å²) in [5.74, 6) is 0.691. The number of aliphatic hydroxyl groups excluding tert-OH is 1. The van der Waals surface area contributed by atoms with Crippen LogP contribution in [-0.4, -0.2) is 71.1 Å². The van der Waals surface area contributed by atoms with Crippen LogP contribution in [-0.2, 0) is 14.3 Å². The van der Waals surface area contributed by atoms with Gasteiger partial charge in [-0.1, -0.05) is 0 Å². The second-order valence-corrected chi connectivity index (χ2v) is 8.08. The lowest BCUT2D eigenvalue weighted by atomic mass is 9.73. The first-order valence-corrected chi connectivity index (χ1v) is 10.1. The molecule has 1 aromatic heterocycles. The van der Waals surface area contributed by atoms with E-state index in [4.69, 9.17) is 9.47 Å². The van der Waals surface area contributed by atoms with Crippen molar-refractivity contribution in [3.8, 4) is 0 Å². The van der Waals surface area contributed by atoms with Crippen molar-refractivity contribution < 1.29 is 19.4 Å². The van der Waals surface area contributed by atoms with E-state index in [0.29, 0.717) is 32.5 Å². The lowest BCUT2D eigenvalue weighted by Gasteiger charge is -2.53. The summed E-state index contributed by atoms with van der Waals surface area (Å²) in [6.07, 6.45) is 2.89. The molecule has 2 saturated heterocycles. The molecular formula is C20H32N4O4. The van der Waals surface area contributed by atoms with E-state index in [2.05, 4.69) is 20.2 Å². The summed E-state index contributed by atoms with van der Waals surface area (Å²) in [6, 6.07) is 0. The van der Waals surface area contributed by atoms with E-state index in [0.717, 1.165) is 30.3 Å². The molecule has 0 radical (unpaired) electrons. The highest BCUT2D eigenvalue weighted by Crippen LogP contribution is 2.40. The van der Waals surface area contributed by atoms with Crippen LogP contribution in [0.15, 0.2) is 6.20 Å². The fourth-order valence-electron chi connectivity index (χ4n) is 4.28. The Morgan fingerprint density at radius 2 is 2.11 bits per heavy atom. The topological polar surface area (TPSA) is 96.8 Å². The van der Waals surface area contributed by atoms with Gasteiger partial charge in [0, 0.05) is 32.5 Å². The molecule has 28 heavy (non-hydrogen) atoms. The summed E-state index contributed by atoms with van der Waals surface area (Å²) in [5, 5.41) is 14.2. The van der Waals surface area contributed by atoms with E-state index in [1.165, 1.54) is 0 Å². The Morgan fingerprint density at radius 1 is 1.39 bits per heavy atom. The molecule has 3 rings (SSSR count). The molecule has 8 heteroatoms. The minimum absolute atomic E-state index is 0.00570. The molecule has 3 heterocycles. The number of aliphatic hydroxyl groups is 1. The molecule has 2 atom stereocenters. The Morgan fingerprint density at radius 3 is 2.79 bits per heavy atom. The molecule has 2 aliphatic rings. The van der Waals surface area contributed by atoms with Crippen molar-refractivity contribution in [2.75, 3.05) is 37.8 Å². The Labute approximate surface area is 166 Å². The average Bonchev–Trinajstić information content (AvgIpc) is 2.67. The number of amides is 1. The fraction of sp³-hybridized carbons (Fsp3) is 0.750. The maximum absolute atomic E-state index is 12.2. The lowest BCUT2D eigenvalue weighted by Crippen LogP contribution is -2.69. The van der Waals surface area contributed by atoms with Crippen LogP contribution in [0.25, 0.3) is 0 Å². The summed E-state index contributed by atoms with van der Waals surface area (Å²) in [6.45, 7) is 10.1. The first kappa shape index (κ1) is 21.0. The van der Waals surface area contributed by atoms with Crippen molar-refractivity contribution in [1.82, 2.24) is 15.3 Å². The Bertz CT molecular complexity index is 705. The third kappa shape index (κ3) is 4.14. The van der Waals surface area contributed by atoms with E-state index >= 15 is 0 Å². The highest BCUT2D eigenvalue weighted by atomic mass is 16.5. The lowest BCUT2D eigenvalue weighted by molar-refractivity contribution is -0.198. The Hall–Kier alpha value is -1.77. The van der Waals surface area contributed by atoms with Crippen molar-refractivity contribution >= 4 is 11.7 Å². The van der Waals surface area contributed by atoms with Crippen LogP contribution in [0.1, 0.15) is 44.5 Å². The molecule has 8 nitrogen and oxygen atoms in total. The van der Waals surface area contributed by atoms with Gasteiger partial charge in [0.25, 0.3) is 0 Å². The van der Waals surface area contributed by atoms with Gasteiger partial charge in [0.1, 0.15) is 18.5 Å². The van der Waals surface area contributed by atoms with Gasteiger partial charge in [0.05, 0.1) is 22.5 Å². The zero-order valence-corrected chi connectivity index (χ0v) is 17.3. The summed E-state index contributed by atoms with van der Waals surface area (Å²) < 4.78 is 11.3. The number of hydrogen-bond acceptors (Lipinski definition) is 7. The van der Waals surface area contributed by atoms with E-state index in [9.17, 15) is 9.90 Å². The molecule has 1 spiro atoms. The average molecular weight is 393 g/mol. The van der Waals surface area contributed by atoms with Gasteiger partial charge >= 0.3 is 0 Å². The van der Waals surface area contributed by atoms with Crippen molar-refractivity contribution in [2.45, 2.75) is 64.2 Å². The van der Waals surface area contributed by atoms with Crippen LogP contribution in [0.5, 0.6) is 0 Å². The molecular weight excluding hydrogens is 360 g/mol. The van der Waals surface area contributed by atoms with Gasteiger partial charge in [-0.2, -0.15) is 0 Å². The van der Waals surface area contributed by atoms with Crippen LogP contribution in [0.4, 0.5) is 5.82 Å². The molecule has 1 amide bonds. The first-order valence-electron chi connectivity index (χ1n) is 10.1. The number of nitrogens with zero attached hydrogens (tertiary/aromatic N) is 3. The zero-order valence-electron chi connectivity index (χ0n) is 17.3. The van der Waals surface area contributed by atoms with Gasteiger partial charge < -0.3 is 24.8 Å². The van der Waals surface area contributed by atoms with Gasteiger partial charge in [0.15, 0.2) is 0 Å². The van der Waals surface area contributed by atoms with E-state index in [-0.39, 0.29) is 12.5 Å². The standard InChI is InChI=1S/C20H32N4O4/c1-5-27-13-16(25)23-19(4)8-11-28-20(18(19)26)6-9-24(10-7-20)17-15(3)21-12-14(2)22-17/h12,18,26H,5-11,13H2,1-4H3,(H,23,25)/t18-,19+/m1/s1. The predicted molar refractivity (Wildman–Crippen MR) is 105 cm³/mol. The summed E-state index contributed by atoms with van der Waals surface area (Å²) in [4.78, 5) is 23.4. The molecule has 2 N–H and O–H groups in total. The molecule has 1 aromatic rings. The normalized spacial score (nSPS) is 27.0. The molecule has 0 aromatic carbocycles. The summed E-state index contributed by atoms with van der Waals surface area (Å²) in [7, 11) is 0. The Balaban J connectivity index is 1.69. The van der Waals surface area contributed by atoms with Crippen molar-refractivity contribution in [3.63, 3.8) is 0 Å². The molecule has 0 saturated carbocycles.